The number of nitrogens with zero attached hydrogens (tertiary/aromatic N) is 1. The highest BCUT2D eigenvalue weighted by Crippen LogP contribution is 2.21. The molecular formula is C12H9ClN2O3S. The molecule has 2 aromatic rings. The summed E-state index contributed by atoms with van der Waals surface area (Å²) in [5, 5.41) is 11.4. The molecule has 2 aromatic heterocycles. The maximum absolute atomic E-state index is 11.7. The van der Waals surface area contributed by atoms with Gasteiger partial charge in [0.2, 0.25) is 0 Å². The van der Waals surface area contributed by atoms with Gasteiger partial charge >= 0.3 is 5.97 Å². The monoisotopic (exact) mass is 296 g/mol. The molecule has 1 amide bonds. The highest BCUT2D eigenvalue weighted by Gasteiger charge is 2.09. The zero-order valence-electron chi connectivity index (χ0n) is 9.59. The van der Waals surface area contributed by atoms with Crippen LogP contribution < -0.4 is 5.32 Å². The van der Waals surface area contributed by atoms with E-state index < -0.39 is 5.97 Å². The third-order valence-electron chi connectivity index (χ3n) is 2.29. The standard InChI is InChI=1S/C12H9ClN2O3S/c13-10-4-3-9(19-10)11(16)15-6-7-1-2-8(12(17)18)14-5-7/h1-5H,6H2,(H,15,16)(H,17,18). The first-order chi connectivity index (χ1) is 9.06. The molecular weight excluding hydrogens is 288 g/mol. The lowest BCUT2D eigenvalue weighted by Gasteiger charge is -2.03. The van der Waals surface area contributed by atoms with Crippen molar-refractivity contribution in [2.45, 2.75) is 6.54 Å². The molecule has 19 heavy (non-hydrogen) atoms. The van der Waals surface area contributed by atoms with Crippen molar-refractivity contribution < 1.29 is 14.7 Å². The minimum absolute atomic E-state index is 0.0277. The third kappa shape index (κ3) is 3.52. The second-order valence-electron chi connectivity index (χ2n) is 3.64. The lowest BCUT2D eigenvalue weighted by molar-refractivity contribution is 0.0690. The van der Waals surface area contributed by atoms with E-state index >= 15 is 0 Å². The highest BCUT2D eigenvalue weighted by molar-refractivity contribution is 7.17. The number of carbonyl (C=O) groups excluding carboxylic acids is 1. The van der Waals surface area contributed by atoms with Crippen LogP contribution in [0.25, 0.3) is 0 Å². The number of halogens is 1. The van der Waals surface area contributed by atoms with Gasteiger partial charge in [-0.1, -0.05) is 17.7 Å². The number of hydrogen-bond acceptors (Lipinski definition) is 4. The Morgan fingerprint density at radius 2 is 2.11 bits per heavy atom. The number of hydrogen-bond donors (Lipinski definition) is 2. The van der Waals surface area contributed by atoms with Crippen molar-refractivity contribution in [3.8, 4) is 0 Å². The summed E-state index contributed by atoms with van der Waals surface area (Å²) in [4.78, 5) is 26.6. The average molecular weight is 297 g/mol. The number of thiophene rings is 1. The molecule has 0 bridgehead atoms. The highest BCUT2D eigenvalue weighted by atomic mass is 35.5. The van der Waals surface area contributed by atoms with Gasteiger partial charge in [-0.15, -0.1) is 11.3 Å². The fourth-order valence-corrected chi connectivity index (χ4v) is 2.32. The van der Waals surface area contributed by atoms with Gasteiger partial charge in [0.1, 0.15) is 5.69 Å². The van der Waals surface area contributed by atoms with Gasteiger partial charge in [0.25, 0.3) is 5.91 Å². The number of carbonyl (C=O) groups is 2. The average Bonchev–Trinajstić information content (AvgIpc) is 2.83. The van der Waals surface area contributed by atoms with Crippen LogP contribution in [-0.2, 0) is 6.54 Å². The summed E-state index contributed by atoms with van der Waals surface area (Å²) in [6.45, 7) is 0.279. The summed E-state index contributed by atoms with van der Waals surface area (Å²) in [5.41, 5.74) is 0.695. The SMILES string of the molecule is O=C(O)c1ccc(CNC(=O)c2ccc(Cl)s2)cn1. The van der Waals surface area contributed by atoms with Crippen LogP contribution in [0.4, 0.5) is 0 Å². The minimum atomic E-state index is -1.08. The number of carboxylic acid groups (broad SMARTS) is 1. The number of rotatable bonds is 4. The number of amides is 1. The number of aromatic nitrogens is 1. The molecule has 0 unspecified atom stereocenters. The molecule has 98 valence electrons. The third-order valence-corrected chi connectivity index (χ3v) is 3.52. The van der Waals surface area contributed by atoms with Gasteiger partial charge in [-0.05, 0) is 23.8 Å². The largest absolute Gasteiger partial charge is 0.477 e. The van der Waals surface area contributed by atoms with Gasteiger partial charge in [-0.2, -0.15) is 0 Å². The molecule has 0 radical (unpaired) electrons. The molecule has 2 heterocycles. The van der Waals surface area contributed by atoms with E-state index in [1.54, 1.807) is 18.2 Å². The van der Waals surface area contributed by atoms with Gasteiger partial charge in [0, 0.05) is 12.7 Å². The Hall–Kier alpha value is -1.92. The first-order valence-electron chi connectivity index (χ1n) is 5.28. The van der Waals surface area contributed by atoms with Crippen LogP contribution in [0.1, 0.15) is 25.7 Å². The summed E-state index contributed by atoms with van der Waals surface area (Å²) in [6, 6.07) is 6.31. The van der Waals surface area contributed by atoms with Crippen LogP contribution in [0.5, 0.6) is 0 Å². The molecule has 0 spiro atoms. The molecule has 0 aliphatic heterocycles. The van der Waals surface area contributed by atoms with E-state index in [0.29, 0.717) is 9.21 Å². The molecule has 0 aromatic carbocycles. The van der Waals surface area contributed by atoms with Crippen molar-refractivity contribution in [2.24, 2.45) is 0 Å². The summed E-state index contributed by atoms with van der Waals surface area (Å²) in [5.74, 6) is -1.30. The first-order valence-corrected chi connectivity index (χ1v) is 6.47. The predicted octanol–water partition coefficient (Wildman–Crippen LogP) is 2.42. The van der Waals surface area contributed by atoms with Gasteiger partial charge in [0.15, 0.2) is 0 Å². The van der Waals surface area contributed by atoms with E-state index in [1.165, 1.54) is 23.6 Å². The Kier molecular flexibility index (Phi) is 4.13. The smallest absolute Gasteiger partial charge is 0.354 e. The number of carboxylic acids is 1. The second kappa shape index (κ2) is 5.81. The Balaban J connectivity index is 1.95. The molecule has 0 fully saturated rings. The van der Waals surface area contributed by atoms with E-state index in [2.05, 4.69) is 10.3 Å². The molecule has 0 atom stereocenters. The normalized spacial score (nSPS) is 10.2. The second-order valence-corrected chi connectivity index (χ2v) is 5.36. The van der Waals surface area contributed by atoms with E-state index in [-0.39, 0.29) is 18.1 Å². The number of nitrogens with one attached hydrogen (secondary N) is 1. The van der Waals surface area contributed by atoms with Crippen LogP contribution in [0.3, 0.4) is 0 Å². The molecule has 0 aliphatic rings. The summed E-state index contributed by atoms with van der Waals surface area (Å²) in [7, 11) is 0. The van der Waals surface area contributed by atoms with Crippen molar-refractivity contribution in [3.63, 3.8) is 0 Å². The minimum Gasteiger partial charge on any atom is -0.477 e. The van der Waals surface area contributed by atoms with Crippen LogP contribution >= 0.6 is 22.9 Å². The lowest BCUT2D eigenvalue weighted by atomic mass is 10.2. The van der Waals surface area contributed by atoms with Crippen LogP contribution in [0, 0.1) is 0 Å². The van der Waals surface area contributed by atoms with Crippen LogP contribution in [0.15, 0.2) is 30.5 Å². The Morgan fingerprint density at radius 1 is 1.32 bits per heavy atom. The fraction of sp³-hybridized carbons (Fsp3) is 0.0833. The van der Waals surface area contributed by atoms with Gasteiger partial charge in [0.05, 0.1) is 9.21 Å². The topological polar surface area (TPSA) is 79.3 Å². The molecule has 0 saturated carbocycles. The molecule has 2 rings (SSSR count). The number of aromatic carboxylic acids is 1. The Morgan fingerprint density at radius 3 is 2.63 bits per heavy atom. The zero-order valence-corrected chi connectivity index (χ0v) is 11.2. The van der Waals surface area contributed by atoms with Gasteiger partial charge < -0.3 is 10.4 Å². The van der Waals surface area contributed by atoms with Crippen molar-refractivity contribution in [1.29, 1.82) is 0 Å². The summed E-state index contributed by atoms with van der Waals surface area (Å²) in [6.07, 6.45) is 1.42. The summed E-state index contributed by atoms with van der Waals surface area (Å²) < 4.78 is 0.553. The summed E-state index contributed by atoms with van der Waals surface area (Å²) >= 11 is 6.94. The number of pyridine rings is 1. The molecule has 0 saturated heterocycles. The van der Waals surface area contributed by atoms with Gasteiger partial charge in [-0.3, -0.25) is 4.79 Å². The Labute approximate surface area is 117 Å². The molecule has 7 heteroatoms. The fourth-order valence-electron chi connectivity index (χ4n) is 1.36. The van der Waals surface area contributed by atoms with Crippen molar-refractivity contribution in [3.05, 3.63) is 50.9 Å². The quantitative estimate of drug-likeness (QED) is 0.908. The van der Waals surface area contributed by atoms with Crippen molar-refractivity contribution >= 4 is 34.8 Å². The molecule has 0 aliphatic carbocycles. The molecule has 5 nitrogen and oxygen atoms in total. The van der Waals surface area contributed by atoms with Crippen LogP contribution in [0.2, 0.25) is 4.34 Å². The maximum atomic E-state index is 11.7. The van der Waals surface area contributed by atoms with E-state index in [0.717, 1.165) is 5.56 Å². The van der Waals surface area contributed by atoms with E-state index in [1.807, 2.05) is 0 Å². The van der Waals surface area contributed by atoms with E-state index in [4.69, 9.17) is 16.7 Å². The predicted molar refractivity (Wildman–Crippen MR) is 71.7 cm³/mol. The van der Waals surface area contributed by atoms with Crippen molar-refractivity contribution in [2.75, 3.05) is 0 Å². The van der Waals surface area contributed by atoms with E-state index in [9.17, 15) is 9.59 Å². The maximum Gasteiger partial charge on any atom is 0.354 e. The first kappa shape index (κ1) is 13.5. The van der Waals surface area contributed by atoms with Gasteiger partial charge in [-0.25, -0.2) is 9.78 Å². The molecule has 2 N–H and O–H groups in total. The Bertz CT molecular complexity index is 610. The van der Waals surface area contributed by atoms with Crippen molar-refractivity contribution in [1.82, 2.24) is 10.3 Å². The zero-order chi connectivity index (χ0) is 13.8. The van der Waals surface area contributed by atoms with Crippen LogP contribution in [-0.4, -0.2) is 22.0 Å². The lowest BCUT2D eigenvalue weighted by Crippen LogP contribution is -2.21.